The molecule has 1 fully saturated rings. The maximum absolute atomic E-state index is 12.5. The number of benzene rings is 1. The molecule has 4 rings (SSSR count). The largest absolute Gasteiger partial charge is 0.459 e. The molecule has 2 aromatic heterocycles. The smallest absolute Gasteiger partial charge is 0.226 e. The van der Waals surface area contributed by atoms with E-state index < -0.39 is 0 Å². The summed E-state index contributed by atoms with van der Waals surface area (Å²) in [6.07, 6.45) is 2.25. The number of rotatable bonds is 5. The Bertz CT molecular complexity index is 910. The summed E-state index contributed by atoms with van der Waals surface area (Å²) in [5.41, 5.74) is 1.74. The first-order chi connectivity index (χ1) is 12.0. The van der Waals surface area contributed by atoms with Gasteiger partial charge in [-0.3, -0.25) is 4.79 Å². The van der Waals surface area contributed by atoms with Crippen LogP contribution in [0.15, 0.2) is 50.7 Å². The zero-order valence-corrected chi connectivity index (χ0v) is 16.1. The third-order valence-corrected chi connectivity index (χ3v) is 5.80. The van der Waals surface area contributed by atoms with E-state index in [1.807, 2.05) is 36.6 Å². The van der Waals surface area contributed by atoms with Crippen LogP contribution in [0.4, 0.5) is 0 Å². The number of nitrogens with zero attached hydrogens (tertiary/aromatic N) is 1. The predicted octanol–water partition coefficient (Wildman–Crippen LogP) is 4.82. The summed E-state index contributed by atoms with van der Waals surface area (Å²) in [6, 6.07) is 12.0. The van der Waals surface area contributed by atoms with Gasteiger partial charge >= 0.3 is 0 Å². The van der Waals surface area contributed by atoms with E-state index in [0.717, 1.165) is 45.1 Å². The SMILES string of the molecule is Cc1ccc(-c2nc(CC(=O)NC3(c4ccc(Br)cc4)CC3)cs2)o1. The number of aryl methyl sites for hydroxylation is 1. The minimum absolute atomic E-state index is 0.00731. The maximum atomic E-state index is 12.5. The average molecular weight is 417 g/mol. The van der Waals surface area contributed by atoms with E-state index in [0.29, 0.717) is 0 Å². The molecule has 0 atom stereocenters. The van der Waals surface area contributed by atoms with Crippen molar-refractivity contribution in [1.29, 1.82) is 0 Å². The van der Waals surface area contributed by atoms with E-state index in [9.17, 15) is 4.79 Å². The first kappa shape index (κ1) is 16.5. The second-order valence-corrected chi connectivity index (χ2v) is 8.14. The Balaban J connectivity index is 1.43. The van der Waals surface area contributed by atoms with Gasteiger partial charge in [-0.25, -0.2) is 4.98 Å². The second-order valence-electron chi connectivity index (χ2n) is 6.37. The van der Waals surface area contributed by atoms with Crippen molar-refractivity contribution in [1.82, 2.24) is 10.3 Å². The highest BCUT2D eigenvalue weighted by Gasteiger charge is 2.45. The van der Waals surface area contributed by atoms with Crippen LogP contribution in [0, 0.1) is 6.92 Å². The lowest BCUT2D eigenvalue weighted by Gasteiger charge is -2.17. The Kier molecular flexibility index (Phi) is 4.25. The molecule has 0 spiro atoms. The van der Waals surface area contributed by atoms with E-state index in [-0.39, 0.29) is 17.9 Å². The molecule has 4 nitrogen and oxygen atoms in total. The maximum Gasteiger partial charge on any atom is 0.226 e. The Morgan fingerprint density at radius 1 is 1.28 bits per heavy atom. The lowest BCUT2D eigenvalue weighted by Crippen LogP contribution is -2.35. The number of thiazole rings is 1. The van der Waals surface area contributed by atoms with Crippen molar-refractivity contribution in [2.45, 2.75) is 31.7 Å². The molecule has 1 amide bonds. The molecule has 1 aromatic carbocycles. The highest BCUT2D eigenvalue weighted by atomic mass is 79.9. The van der Waals surface area contributed by atoms with Crippen LogP contribution in [0.2, 0.25) is 0 Å². The van der Waals surface area contributed by atoms with Gasteiger partial charge < -0.3 is 9.73 Å². The molecular formula is C19H17BrN2O2S. The number of amides is 1. The van der Waals surface area contributed by atoms with E-state index in [2.05, 4.69) is 38.4 Å². The number of hydrogen-bond donors (Lipinski definition) is 1. The van der Waals surface area contributed by atoms with Crippen molar-refractivity contribution in [2.75, 3.05) is 0 Å². The number of hydrogen-bond acceptors (Lipinski definition) is 4. The number of carbonyl (C=O) groups is 1. The molecule has 2 heterocycles. The first-order valence-electron chi connectivity index (χ1n) is 8.12. The summed E-state index contributed by atoms with van der Waals surface area (Å²) >= 11 is 4.95. The normalized spacial score (nSPS) is 15.1. The summed E-state index contributed by atoms with van der Waals surface area (Å²) in [6.45, 7) is 1.91. The zero-order valence-electron chi connectivity index (χ0n) is 13.7. The molecular weight excluding hydrogens is 400 g/mol. The molecule has 0 bridgehead atoms. The summed E-state index contributed by atoms with van der Waals surface area (Å²) < 4.78 is 6.63. The van der Waals surface area contributed by atoms with Gasteiger partial charge in [-0.05, 0) is 49.6 Å². The first-order valence-corrected chi connectivity index (χ1v) is 9.80. The highest BCUT2D eigenvalue weighted by Crippen LogP contribution is 2.45. The summed E-state index contributed by atoms with van der Waals surface area (Å²) in [7, 11) is 0. The number of nitrogens with one attached hydrogen (secondary N) is 1. The highest BCUT2D eigenvalue weighted by molar-refractivity contribution is 9.10. The molecule has 1 saturated carbocycles. The molecule has 3 aromatic rings. The van der Waals surface area contributed by atoms with Gasteiger partial charge in [0, 0.05) is 9.85 Å². The van der Waals surface area contributed by atoms with Crippen molar-refractivity contribution in [3.05, 3.63) is 63.3 Å². The predicted molar refractivity (Wildman–Crippen MR) is 101 cm³/mol. The van der Waals surface area contributed by atoms with Crippen LogP contribution in [0.3, 0.4) is 0 Å². The topological polar surface area (TPSA) is 55.1 Å². The molecule has 6 heteroatoms. The van der Waals surface area contributed by atoms with E-state index in [4.69, 9.17) is 4.42 Å². The third kappa shape index (κ3) is 3.55. The van der Waals surface area contributed by atoms with Crippen LogP contribution >= 0.6 is 27.3 Å². The minimum Gasteiger partial charge on any atom is -0.459 e. The molecule has 1 aliphatic carbocycles. The minimum atomic E-state index is -0.200. The molecule has 0 aliphatic heterocycles. The fraction of sp³-hybridized carbons (Fsp3) is 0.263. The Morgan fingerprint density at radius 3 is 2.68 bits per heavy atom. The lowest BCUT2D eigenvalue weighted by molar-refractivity contribution is -0.121. The van der Waals surface area contributed by atoms with Crippen molar-refractivity contribution in [3.8, 4) is 10.8 Å². The van der Waals surface area contributed by atoms with Gasteiger partial charge in [0.15, 0.2) is 10.8 Å². The standard InChI is InChI=1S/C19H17BrN2O2S/c1-12-2-7-16(24-12)18-21-15(11-25-18)10-17(23)22-19(8-9-19)13-3-5-14(20)6-4-13/h2-7,11H,8-10H2,1H3,(H,22,23). The van der Waals surface area contributed by atoms with Crippen LogP contribution in [0.25, 0.3) is 10.8 Å². The Hall–Kier alpha value is -1.92. The van der Waals surface area contributed by atoms with E-state index in [1.165, 1.54) is 11.3 Å². The molecule has 0 unspecified atom stereocenters. The van der Waals surface area contributed by atoms with Gasteiger partial charge in [0.05, 0.1) is 17.7 Å². The van der Waals surface area contributed by atoms with Gasteiger partial charge in [0.25, 0.3) is 0 Å². The lowest BCUT2D eigenvalue weighted by atomic mass is 10.0. The zero-order chi connectivity index (χ0) is 17.4. The molecule has 1 aliphatic rings. The van der Waals surface area contributed by atoms with Crippen LogP contribution in [-0.2, 0) is 16.8 Å². The van der Waals surface area contributed by atoms with Crippen LogP contribution in [0.1, 0.15) is 29.9 Å². The Morgan fingerprint density at radius 2 is 2.04 bits per heavy atom. The molecule has 128 valence electrons. The van der Waals surface area contributed by atoms with E-state index >= 15 is 0 Å². The molecule has 0 radical (unpaired) electrons. The summed E-state index contributed by atoms with van der Waals surface area (Å²) in [4.78, 5) is 17.0. The number of aromatic nitrogens is 1. The number of halogens is 1. The molecule has 1 N–H and O–H groups in total. The third-order valence-electron chi connectivity index (χ3n) is 4.37. The quantitative estimate of drug-likeness (QED) is 0.648. The average Bonchev–Trinajstić information content (AvgIpc) is 3.00. The van der Waals surface area contributed by atoms with Crippen LogP contribution in [-0.4, -0.2) is 10.9 Å². The number of furan rings is 1. The summed E-state index contributed by atoms with van der Waals surface area (Å²) in [5, 5.41) is 5.92. The molecule has 0 saturated heterocycles. The van der Waals surface area contributed by atoms with Crippen LogP contribution in [0.5, 0.6) is 0 Å². The van der Waals surface area contributed by atoms with Gasteiger partial charge in [-0.1, -0.05) is 28.1 Å². The van der Waals surface area contributed by atoms with Gasteiger partial charge in [-0.15, -0.1) is 11.3 Å². The molecule has 25 heavy (non-hydrogen) atoms. The van der Waals surface area contributed by atoms with Gasteiger partial charge in [0.1, 0.15) is 5.76 Å². The van der Waals surface area contributed by atoms with Crippen molar-refractivity contribution < 1.29 is 9.21 Å². The van der Waals surface area contributed by atoms with Crippen molar-refractivity contribution in [2.24, 2.45) is 0 Å². The van der Waals surface area contributed by atoms with Crippen molar-refractivity contribution >= 4 is 33.2 Å². The van der Waals surface area contributed by atoms with Crippen molar-refractivity contribution in [3.63, 3.8) is 0 Å². The van der Waals surface area contributed by atoms with Crippen LogP contribution < -0.4 is 5.32 Å². The second kappa shape index (κ2) is 6.42. The fourth-order valence-electron chi connectivity index (χ4n) is 2.91. The van der Waals surface area contributed by atoms with Gasteiger partial charge in [0.2, 0.25) is 5.91 Å². The monoisotopic (exact) mass is 416 g/mol. The fourth-order valence-corrected chi connectivity index (χ4v) is 3.95. The van der Waals surface area contributed by atoms with Gasteiger partial charge in [-0.2, -0.15) is 0 Å². The number of carbonyl (C=O) groups excluding carboxylic acids is 1. The Labute approximate surface area is 158 Å². The van der Waals surface area contributed by atoms with E-state index in [1.54, 1.807) is 0 Å². The summed E-state index contributed by atoms with van der Waals surface area (Å²) in [5.74, 6) is 1.62.